The molecule has 0 N–H and O–H groups in total. The van der Waals surface area contributed by atoms with Gasteiger partial charge in [-0.05, 0) is 18.9 Å². The van der Waals surface area contributed by atoms with E-state index < -0.39 is 0 Å². The maximum Gasteiger partial charge on any atom is 0.233 e. The smallest absolute Gasteiger partial charge is 0.233 e. The fourth-order valence-electron chi connectivity index (χ4n) is 4.19. The van der Waals surface area contributed by atoms with Crippen molar-refractivity contribution in [1.82, 2.24) is 29.1 Å². The minimum atomic E-state index is 0.389. The van der Waals surface area contributed by atoms with E-state index in [1.165, 1.54) is 0 Å². The Kier molecular flexibility index (Phi) is 4.21. The second-order valence-electron chi connectivity index (χ2n) is 7.35. The van der Waals surface area contributed by atoms with Crippen LogP contribution in [0.25, 0.3) is 16.9 Å². The van der Waals surface area contributed by atoms with E-state index in [2.05, 4.69) is 37.2 Å². The number of hydrogen-bond acceptors (Lipinski definition) is 6. The first kappa shape index (κ1) is 17.4. The predicted octanol–water partition coefficient (Wildman–Crippen LogP) is 2.78. The van der Waals surface area contributed by atoms with E-state index in [-0.39, 0.29) is 0 Å². The van der Waals surface area contributed by atoms with Gasteiger partial charge >= 0.3 is 0 Å². The zero-order chi connectivity index (χ0) is 19.8. The van der Waals surface area contributed by atoms with E-state index in [4.69, 9.17) is 0 Å². The summed E-state index contributed by atoms with van der Waals surface area (Å²) in [5.74, 6) is 2.09. The van der Waals surface area contributed by atoms with Crippen molar-refractivity contribution in [3.05, 3.63) is 60.7 Å². The van der Waals surface area contributed by atoms with E-state index in [0.29, 0.717) is 17.3 Å². The van der Waals surface area contributed by atoms with Crippen LogP contribution < -0.4 is 4.90 Å². The second kappa shape index (κ2) is 7.02. The van der Waals surface area contributed by atoms with Crippen molar-refractivity contribution in [2.45, 2.75) is 18.8 Å². The number of aryl methyl sites for hydroxylation is 1. The van der Waals surface area contributed by atoms with E-state index in [0.717, 1.165) is 48.6 Å². The monoisotopic (exact) mass is 384 g/mol. The van der Waals surface area contributed by atoms with Crippen molar-refractivity contribution in [3.63, 3.8) is 0 Å². The molecule has 0 unspecified atom stereocenters. The molecule has 29 heavy (non-hydrogen) atoms. The average molecular weight is 384 g/mol. The molecule has 0 bridgehead atoms. The summed E-state index contributed by atoms with van der Waals surface area (Å²) < 4.78 is 3.90. The number of fused-ring (bicyclic) bond motifs is 1. The summed E-state index contributed by atoms with van der Waals surface area (Å²) >= 11 is 0. The third kappa shape index (κ3) is 3.01. The summed E-state index contributed by atoms with van der Waals surface area (Å²) in [5, 5.41) is 18.1. The van der Waals surface area contributed by atoms with Crippen LogP contribution in [0.15, 0.2) is 49.3 Å². The van der Waals surface area contributed by atoms with Gasteiger partial charge in [-0.15, -0.1) is 10.2 Å². The predicted molar refractivity (Wildman–Crippen MR) is 108 cm³/mol. The van der Waals surface area contributed by atoms with Crippen molar-refractivity contribution >= 4 is 11.5 Å². The van der Waals surface area contributed by atoms with E-state index in [1.54, 1.807) is 12.5 Å². The Balaban J connectivity index is 1.50. The first-order valence-electron chi connectivity index (χ1n) is 9.65. The normalized spacial score (nSPS) is 15.0. The molecular formula is C21H20N8. The molecule has 0 radical (unpaired) electrons. The number of aromatic nitrogens is 6. The third-order valence-corrected chi connectivity index (χ3v) is 5.64. The molecule has 0 spiro atoms. The Morgan fingerprint density at radius 2 is 2.03 bits per heavy atom. The second-order valence-corrected chi connectivity index (χ2v) is 7.35. The zero-order valence-electron chi connectivity index (χ0n) is 16.1. The van der Waals surface area contributed by atoms with Crippen LogP contribution >= 0.6 is 0 Å². The van der Waals surface area contributed by atoms with Gasteiger partial charge < -0.3 is 9.47 Å². The first-order chi connectivity index (χ1) is 14.2. The molecule has 0 atom stereocenters. The molecule has 0 amide bonds. The van der Waals surface area contributed by atoms with Gasteiger partial charge in [-0.25, -0.2) is 9.97 Å². The molecule has 8 nitrogen and oxygen atoms in total. The number of nitriles is 1. The maximum absolute atomic E-state index is 9.77. The largest absolute Gasteiger partial charge is 0.370 e. The average Bonchev–Trinajstić information content (AvgIpc) is 3.41. The highest BCUT2D eigenvalue weighted by molar-refractivity contribution is 5.82. The molecule has 1 aliphatic rings. The highest BCUT2D eigenvalue weighted by atomic mass is 15.3. The number of anilines is 1. The van der Waals surface area contributed by atoms with Gasteiger partial charge in [0, 0.05) is 62.0 Å². The van der Waals surface area contributed by atoms with Crippen molar-refractivity contribution in [2.75, 3.05) is 18.0 Å². The van der Waals surface area contributed by atoms with Gasteiger partial charge in [0.1, 0.15) is 18.2 Å². The lowest BCUT2D eigenvalue weighted by atomic mass is 9.93. The van der Waals surface area contributed by atoms with Crippen LogP contribution in [0.1, 0.15) is 30.1 Å². The molecular weight excluding hydrogens is 364 g/mol. The Bertz CT molecular complexity index is 1210. The molecule has 8 heteroatoms. The Labute approximate surface area is 168 Å². The van der Waals surface area contributed by atoms with Crippen LogP contribution in [0.5, 0.6) is 0 Å². The lowest BCUT2D eigenvalue weighted by Crippen LogP contribution is -2.34. The van der Waals surface area contributed by atoms with Gasteiger partial charge in [0.15, 0.2) is 0 Å². The number of rotatable bonds is 3. The molecule has 1 aliphatic heterocycles. The van der Waals surface area contributed by atoms with E-state index in [1.807, 2.05) is 46.7 Å². The summed E-state index contributed by atoms with van der Waals surface area (Å²) in [7, 11) is 1.99. The molecule has 1 saturated heterocycles. The van der Waals surface area contributed by atoms with Gasteiger partial charge in [-0.2, -0.15) is 5.26 Å². The number of nitrogens with zero attached hydrogens (tertiary/aromatic N) is 8. The van der Waals surface area contributed by atoms with Crippen LogP contribution in [0, 0.1) is 11.3 Å². The van der Waals surface area contributed by atoms with Gasteiger partial charge in [-0.3, -0.25) is 4.40 Å². The van der Waals surface area contributed by atoms with Gasteiger partial charge in [0.2, 0.25) is 5.78 Å². The van der Waals surface area contributed by atoms with Crippen molar-refractivity contribution in [3.8, 4) is 17.2 Å². The molecule has 5 rings (SSSR count). The highest BCUT2D eigenvalue weighted by Gasteiger charge is 2.27. The third-order valence-electron chi connectivity index (χ3n) is 5.64. The van der Waals surface area contributed by atoms with Crippen LogP contribution in [0.2, 0.25) is 0 Å². The molecule has 144 valence electrons. The SMILES string of the molecule is Cn1cnnc1C1CCN(c2c(C#N)cccc2-c2cnc3nccn3c2)CC1. The molecule has 1 fully saturated rings. The molecule has 0 saturated carbocycles. The molecule has 1 aromatic carbocycles. The Hall–Kier alpha value is -3.73. The number of para-hydroxylation sites is 1. The molecule has 3 aromatic heterocycles. The van der Waals surface area contributed by atoms with Crippen molar-refractivity contribution in [2.24, 2.45) is 7.05 Å². The zero-order valence-corrected chi connectivity index (χ0v) is 16.1. The summed E-state index contributed by atoms with van der Waals surface area (Å²) in [6, 6.07) is 8.25. The molecule has 4 aromatic rings. The summed E-state index contributed by atoms with van der Waals surface area (Å²) in [5.41, 5.74) is 3.65. The van der Waals surface area contributed by atoms with E-state index >= 15 is 0 Å². The van der Waals surface area contributed by atoms with Crippen LogP contribution in [-0.2, 0) is 7.05 Å². The van der Waals surface area contributed by atoms with Crippen LogP contribution in [0.4, 0.5) is 5.69 Å². The topological polar surface area (TPSA) is 87.9 Å². The van der Waals surface area contributed by atoms with Crippen molar-refractivity contribution in [1.29, 1.82) is 5.26 Å². The van der Waals surface area contributed by atoms with Crippen molar-refractivity contribution < 1.29 is 0 Å². The lowest BCUT2D eigenvalue weighted by molar-refractivity contribution is 0.474. The van der Waals surface area contributed by atoms with Gasteiger partial charge in [0.25, 0.3) is 0 Å². The van der Waals surface area contributed by atoms with Crippen LogP contribution in [-0.4, -0.2) is 42.2 Å². The highest BCUT2D eigenvalue weighted by Crippen LogP contribution is 2.37. The number of hydrogen-bond donors (Lipinski definition) is 0. The number of benzene rings is 1. The Morgan fingerprint density at radius 1 is 1.17 bits per heavy atom. The summed E-state index contributed by atoms with van der Waals surface area (Å²) in [6.45, 7) is 1.73. The van der Waals surface area contributed by atoms with Gasteiger partial charge in [0.05, 0.1) is 11.3 Å². The van der Waals surface area contributed by atoms with E-state index in [9.17, 15) is 5.26 Å². The summed E-state index contributed by atoms with van der Waals surface area (Å²) in [6.07, 6.45) is 11.2. The lowest BCUT2D eigenvalue weighted by Gasteiger charge is -2.35. The molecule has 4 heterocycles. The summed E-state index contributed by atoms with van der Waals surface area (Å²) in [4.78, 5) is 11.0. The first-order valence-corrected chi connectivity index (χ1v) is 9.65. The molecule has 0 aliphatic carbocycles. The minimum absolute atomic E-state index is 0.389. The maximum atomic E-state index is 9.77. The number of imidazole rings is 1. The number of piperidine rings is 1. The fourth-order valence-corrected chi connectivity index (χ4v) is 4.19. The Morgan fingerprint density at radius 3 is 2.79 bits per heavy atom. The van der Waals surface area contributed by atoms with Crippen LogP contribution in [0.3, 0.4) is 0 Å². The minimum Gasteiger partial charge on any atom is -0.370 e. The fraction of sp³-hybridized carbons (Fsp3) is 0.286. The quantitative estimate of drug-likeness (QED) is 0.540. The standard InChI is InChI=1S/C21H20N8/c1-27-14-25-26-20(27)15-5-8-28(9-6-15)19-16(11-22)3-2-4-18(19)17-12-24-21-23-7-10-29(21)13-17/h2-4,7,10,12-15H,5-6,8-9H2,1H3. The van der Waals surface area contributed by atoms with Gasteiger partial charge in [-0.1, -0.05) is 12.1 Å².